The fourth-order valence-electron chi connectivity index (χ4n) is 0.129. The zero-order valence-corrected chi connectivity index (χ0v) is 3.44. The molecule has 0 aromatic heterocycles. The van der Waals surface area contributed by atoms with Crippen LogP contribution in [0.4, 0.5) is 0 Å². The molecule has 1 N–H and O–H groups in total. The molecule has 0 heterocycles. The van der Waals surface area contributed by atoms with Crippen molar-refractivity contribution in [3.63, 3.8) is 0 Å². The van der Waals surface area contributed by atoms with Crippen molar-refractivity contribution in [2.75, 3.05) is 6.58 Å². The highest BCUT2D eigenvalue weighted by molar-refractivity contribution is 4.23. The molecule has 0 spiro atoms. The van der Waals surface area contributed by atoms with Crippen LogP contribution in [0.2, 0.25) is 0 Å². The van der Waals surface area contributed by atoms with Gasteiger partial charge in [-0.2, -0.15) is 0 Å². The predicted molar refractivity (Wildman–Crippen MR) is 22.0 cm³/mol. The monoisotopic (exact) mass is 75.1 g/mol. The Kier molecular flexibility index (Phi) is 2.50. The van der Waals surface area contributed by atoms with E-state index in [4.69, 9.17) is 6.48 Å². The normalized spacial score (nSPS) is 17.6. The summed E-state index contributed by atoms with van der Waals surface area (Å²) in [6.45, 7) is 1.09. The van der Waals surface area contributed by atoms with Gasteiger partial charge in [0.1, 0.15) is 0 Å². The molecule has 0 rings (SSSR count). The lowest BCUT2D eigenvalue weighted by molar-refractivity contribution is 0.287. The van der Waals surface area contributed by atoms with Crippen LogP contribution >= 0.6 is 0 Å². The Morgan fingerprint density at radius 2 is 2.60 bits per heavy atom. The summed E-state index contributed by atoms with van der Waals surface area (Å²) < 4.78 is 6.53. The van der Waals surface area contributed by atoms with E-state index in [-0.39, 0.29) is 0 Å². The minimum atomic E-state index is -0.852. The van der Waals surface area contributed by atoms with E-state index in [1.54, 1.807) is 0 Å². The van der Waals surface area contributed by atoms with E-state index in [1.807, 2.05) is 6.92 Å². The molecule has 1 heteroatoms. The zero-order chi connectivity index (χ0) is 4.99. The molecule has 0 amide bonds. The second-order valence-corrected chi connectivity index (χ2v) is 0.971. The van der Waals surface area contributed by atoms with Gasteiger partial charge in [-0.25, -0.2) is 0 Å². The molecule has 1 nitrogen and oxygen atoms in total. The van der Waals surface area contributed by atoms with Gasteiger partial charge in [0, 0.05) is 6.58 Å². The maximum Gasteiger partial charge on any atom is 0.0564 e. The van der Waals surface area contributed by atoms with Crippen molar-refractivity contribution in [2.45, 2.75) is 19.8 Å². The molecule has 0 aliphatic heterocycles. The molecule has 1 atom stereocenters. The first-order valence-electron chi connectivity index (χ1n) is 2.45. The standard InChI is InChI=1S/C4H10O/c1-2-3-4-5/h5H,2-4H2,1H3/i4D/t4-/m0/s1. The molecule has 0 saturated carbocycles. The number of aliphatic hydroxyl groups is 1. The minimum Gasteiger partial charge on any atom is -0.396 e. The van der Waals surface area contributed by atoms with Crippen molar-refractivity contribution in [3.8, 4) is 0 Å². The number of hydrogen-bond acceptors (Lipinski definition) is 1. The second-order valence-electron chi connectivity index (χ2n) is 0.971. The van der Waals surface area contributed by atoms with E-state index in [9.17, 15) is 0 Å². The molecular formula is C4H10O. The van der Waals surface area contributed by atoms with E-state index in [0.29, 0.717) is 6.42 Å². The first-order valence-corrected chi connectivity index (χ1v) is 1.87. The molecule has 0 radical (unpaired) electrons. The van der Waals surface area contributed by atoms with E-state index in [2.05, 4.69) is 0 Å². The van der Waals surface area contributed by atoms with Crippen LogP contribution < -0.4 is 0 Å². The molecule has 32 valence electrons. The third-order valence-corrected chi connectivity index (χ3v) is 0.418. The lowest BCUT2D eigenvalue weighted by Gasteiger charge is -1.79. The van der Waals surface area contributed by atoms with Gasteiger partial charge in [-0.15, -0.1) is 0 Å². The summed E-state index contributed by atoms with van der Waals surface area (Å²) >= 11 is 0. The van der Waals surface area contributed by atoms with Gasteiger partial charge in [0.25, 0.3) is 0 Å². The number of rotatable bonds is 2. The van der Waals surface area contributed by atoms with Crippen LogP contribution in [0.15, 0.2) is 0 Å². The maximum absolute atomic E-state index is 8.22. The van der Waals surface area contributed by atoms with E-state index in [0.717, 1.165) is 6.42 Å². The van der Waals surface area contributed by atoms with Gasteiger partial charge in [-0.05, 0) is 6.42 Å². The third kappa shape index (κ3) is 3.96. The fourth-order valence-corrected chi connectivity index (χ4v) is 0.129. The molecule has 0 unspecified atom stereocenters. The van der Waals surface area contributed by atoms with E-state index in [1.165, 1.54) is 0 Å². The van der Waals surface area contributed by atoms with Gasteiger partial charge in [-0.3, -0.25) is 0 Å². The lowest BCUT2D eigenvalue weighted by atomic mass is 10.4. The van der Waals surface area contributed by atoms with Crippen LogP contribution in [0.1, 0.15) is 21.1 Å². The average Bonchev–Trinajstić information content (AvgIpc) is 1.35. The first kappa shape index (κ1) is 3.16. The summed E-state index contributed by atoms with van der Waals surface area (Å²) in [5.41, 5.74) is 0. The van der Waals surface area contributed by atoms with Crippen LogP contribution in [-0.4, -0.2) is 11.7 Å². The van der Waals surface area contributed by atoms with Gasteiger partial charge in [0.15, 0.2) is 0 Å². The van der Waals surface area contributed by atoms with Crippen LogP contribution in [0.3, 0.4) is 0 Å². The van der Waals surface area contributed by atoms with Crippen LogP contribution in [0.25, 0.3) is 0 Å². The largest absolute Gasteiger partial charge is 0.396 e. The van der Waals surface area contributed by atoms with Gasteiger partial charge >= 0.3 is 0 Å². The van der Waals surface area contributed by atoms with Crippen molar-refractivity contribution in [1.82, 2.24) is 0 Å². The van der Waals surface area contributed by atoms with Crippen molar-refractivity contribution in [1.29, 1.82) is 0 Å². The highest BCUT2D eigenvalue weighted by Crippen LogP contribution is 1.78. The summed E-state index contributed by atoms with van der Waals surface area (Å²) in [6.07, 6.45) is 1.49. The Bertz CT molecular complexity index is 28.7. The predicted octanol–water partition coefficient (Wildman–Crippen LogP) is 0.779. The van der Waals surface area contributed by atoms with Crippen molar-refractivity contribution in [2.24, 2.45) is 0 Å². The summed E-state index contributed by atoms with van der Waals surface area (Å²) in [7, 11) is 0. The highest BCUT2D eigenvalue weighted by Gasteiger charge is 1.69. The molecule has 0 aromatic rings. The number of hydrogen-bond donors (Lipinski definition) is 1. The molecule has 0 bridgehead atoms. The fraction of sp³-hybridized carbons (Fsp3) is 1.00. The summed E-state index contributed by atoms with van der Waals surface area (Å²) in [6, 6.07) is 0. The van der Waals surface area contributed by atoms with E-state index >= 15 is 0 Å². The van der Waals surface area contributed by atoms with E-state index < -0.39 is 6.58 Å². The van der Waals surface area contributed by atoms with Gasteiger partial charge in [0.2, 0.25) is 0 Å². The second kappa shape index (κ2) is 3.96. The number of aliphatic hydroxyl groups excluding tert-OH is 1. The summed E-state index contributed by atoms with van der Waals surface area (Å²) in [4.78, 5) is 0. The summed E-state index contributed by atoms with van der Waals surface area (Å²) in [5, 5.41) is 8.22. The van der Waals surface area contributed by atoms with Crippen LogP contribution in [0, 0.1) is 0 Å². The van der Waals surface area contributed by atoms with Crippen LogP contribution in [0.5, 0.6) is 0 Å². The van der Waals surface area contributed by atoms with Crippen molar-refractivity contribution < 1.29 is 6.48 Å². The molecule has 0 aromatic carbocycles. The van der Waals surface area contributed by atoms with Crippen molar-refractivity contribution >= 4 is 0 Å². The molecule has 0 aliphatic carbocycles. The quantitative estimate of drug-likeness (QED) is 0.514. The Morgan fingerprint density at radius 1 is 2.00 bits per heavy atom. The van der Waals surface area contributed by atoms with Gasteiger partial charge in [0.05, 0.1) is 1.37 Å². The smallest absolute Gasteiger partial charge is 0.0564 e. The zero-order valence-electron chi connectivity index (χ0n) is 4.44. The average molecular weight is 75.1 g/mol. The SMILES string of the molecule is [2H][C@H](O)CCC. The van der Waals surface area contributed by atoms with Crippen LogP contribution in [-0.2, 0) is 0 Å². The molecular weight excluding hydrogens is 64.0 g/mol. The minimum absolute atomic E-state index is 0.597. The Labute approximate surface area is 34.0 Å². The lowest BCUT2D eigenvalue weighted by Crippen LogP contribution is -1.75. The Hall–Kier alpha value is -0.0400. The van der Waals surface area contributed by atoms with Gasteiger partial charge in [-0.1, -0.05) is 13.3 Å². The van der Waals surface area contributed by atoms with Gasteiger partial charge < -0.3 is 5.11 Å². The Morgan fingerprint density at radius 3 is 2.60 bits per heavy atom. The topological polar surface area (TPSA) is 20.2 Å². The molecule has 0 saturated heterocycles. The molecule has 5 heavy (non-hydrogen) atoms. The Balaban J connectivity index is 2.63. The molecule has 0 aliphatic rings. The molecule has 0 fully saturated rings. The third-order valence-electron chi connectivity index (χ3n) is 0.418. The van der Waals surface area contributed by atoms with Crippen molar-refractivity contribution in [3.05, 3.63) is 0 Å². The summed E-state index contributed by atoms with van der Waals surface area (Å²) in [5.74, 6) is 0. The first-order chi connectivity index (χ1) is 2.77. The maximum atomic E-state index is 8.22. The highest BCUT2D eigenvalue weighted by atomic mass is 16.2.